The fourth-order valence-corrected chi connectivity index (χ4v) is 1.23. The normalized spacial score (nSPS) is 10.2. The van der Waals surface area contributed by atoms with Crippen LogP contribution in [0.3, 0.4) is 0 Å². The van der Waals surface area contributed by atoms with Crippen LogP contribution in [-0.4, -0.2) is 23.2 Å². The highest BCUT2D eigenvalue weighted by molar-refractivity contribution is 6.02. The molecule has 2 aromatic rings. The third kappa shape index (κ3) is 1.16. The van der Waals surface area contributed by atoms with Gasteiger partial charge in [-0.15, -0.1) is 0 Å². The van der Waals surface area contributed by atoms with Crippen molar-refractivity contribution in [2.75, 3.05) is 7.11 Å². The molecule has 0 saturated heterocycles. The minimum Gasteiger partial charge on any atom is -0.480 e. The smallest absolute Gasteiger partial charge is 0.234 e. The summed E-state index contributed by atoms with van der Waals surface area (Å²) in [6.45, 7) is 0. The molecule has 0 amide bonds. The van der Waals surface area contributed by atoms with Crippen LogP contribution in [0.1, 0.15) is 5.69 Å². The second-order valence-electron chi connectivity index (χ2n) is 2.65. The predicted octanol–water partition coefficient (Wildman–Crippen LogP) is 1.53. The van der Waals surface area contributed by atoms with Crippen molar-refractivity contribution in [1.29, 1.82) is 5.41 Å². The third-order valence-electron chi connectivity index (χ3n) is 1.89. The van der Waals surface area contributed by atoms with E-state index in [4.69, 9.17) is 10.1 Å². The fraction of sp³-hybridized carbons (Fsp3) is 0.111. The molecule has 4 heteroatoms. The summed E-state index contributed by atoms with van der Waals surface area (Å²) < 4.78 is 4.80. The van der Waals surface area contributed by atoms with Crippen LogP contribution in [0.5, 0.6) is 0 Å². The molecule has 0 atom stereocenters. The molecule has 0 aliphatic heterocycles. The van der Waals surface area contributed by atoms with Crippen LogP contribution < -0.4 is 0 Å². The Labute approximate surface area is 75.0 Å². The molecule has 0 aliphatic carbocycles. The van der Waals surface area contributed by atoms with E-state index in [0.717, 1.165) is 10.9 Å². The van der Waals surface area contributed by atoms with Crippen LogP contribution in [0.25, 0.3) is 10.9 Å². The zero-order chi connectivity index (χ0) is 9.26. The number of nitrogens with one attached hydrogen (secondary N) is 2. The average molecular weight is 175 g/mol. The van der Waals surface area contributed by atoms with Crippen molar-refractivity contribution in [2.45, 2.75) is 0 Å². The molecule has 0 radical (unpaired) electrons. The number of benzene rings is 1. The van der Waals surface area contributed by atoms with Crippen molar-refractivity contribution in [3.8, 4) is 0 Å². The monoisotopic (exact) mass is 175 g/mol. The first-order chi connectivity index (χ1) is 6.33. The van der Waals surface area contributed by atoms with Crippen LogP contribution >= 0.6 is 0 Å². The standard InChI is InChI=1S/C9H9N3O/c1-13-9(10)8-6-4-2-3-5-7(6)11-12-8/h2-5,10H,1H3,(H,11,12). The van der Waals surface area contributed by atoms with Gasteiger partial charge in [0.2, 0.25) is 5.90 Å². The van der Waals surface area contributed by atoms with Gasteiger partial charge in [0.1, 0.15) is 0 Å². The van der Waals surface area contributed by atoms with Crippen LogP contribution in [0.2, 0.25) is 0 Å². The minimum absolute atomic E-state index is 0.0810. The van der Waals surface area contributed by atoms with Crippen molar-refractivity contribution in [3.63, 3.8) is 0 Å². The SMILES string of the molecule is COC(=N)c1n[nH]c2ccccc12. The highest BCUT2D eigenvalue weighted by Crippen LogP contribution is 2.15. The van der Waals surface area contributed by atoms with E-state index < -0.39 is 0 Å². The summed E-state index contributed by atoms with van der Waals surface area (Å²) in [6.07, 6.45) is 0. The van der Waals surface area contributed by atoms with Gasteiger partial charge in [-0.05, 0) is 6.07 Å². The molecular weight excluding hydrogens is 166 g/mol. The number of fused-ring (bicyclic) bond motifs is 1. The summed E-state index contributed by atoms with van der Waals surface area (Å²) >= 11 is 0. The maximum atomic E-state index is 7.47. The second-order valence-corrected chi connectivity index (χ2v) is 2.65. The van der Waals surface area contributed by atoms with Gasteiger partial charge in [-0.2, -0.15) is 5.10 Å². The van der Waals surface area contributed by atoms with Crippen LogP contribution in [0, 0.1) is 5.41 Å². The lowest BCUT2D eigenvalue weighted by Gasteiger charge is -1.96. The molecule has 1 heterocycles. The molecule has 1 aromatic heterocycles. The molecule has 0 aliphatic rings. The molecule has 2 rings (SSSR count). The van der Waals surface area contributed by atoms with Gasteiger partial charge in [-0.1, -0.05) is 18.2 Å². The lowest BCUT2D eigenvalue weighted by Crippen LogP contribution is -2.01. The molecule has 0 saturated carbocycles. The van der Waals surface area contributed by atoms with Gasteiger partial charge in [0, 0.05) is 5.39 Å². The van der Waals surface area contributed by atoms with Gasteiger partial charge < -0.3 is 4.74 Å². The van der Waals surface area contributed by atoms with E-state index >= 15 is 0 Å². The number of hydrogen-bond acceptors (Lipinski definition) is 3. The van der Waals surface area contributed by atoms with E-state index in [2.05, 4.69) is 10.2 Å². The van der Waals surface area contributed by atoms with Gasteiger partial charge in [0.15, 0.2) is 5.69 Å². The fourth-order valence-electron chi connectivity index (χ4n) is 1.23. The Balaban J connectivity index is 2.64. The van der Waals surface area contributed by atoms with E-state index in [1.54, 1.807) is 0 Å². The van der Waals surface area contributed by atoms with Crippen molar-refractivity contribution >= 4 is 16.8 Å². The Hall–Kier alpha value is -1.84. The number of rotatable bonds is 1. The summed E-state index contributed by atoms with van der Waals surface area (Å²) in [7, 11) is 1.46. The number of H-pyrrole nitrogens is 1. The minimum atomic E-state index is 0.0810. The predicted molar refractivity (Wildman–Crippen MR) is 49.9 cm³/mol. The molecule has 0 unspecified atom stereocenters. The maximum absolute atomic E-state index is 7.47. The quantitative estimate of drug-likeness (QED) is 0.510. The molecule has 1 aromatic carbocycles. The van der Waals surface area contributed by atoms with Crippen LogP contribution in [-0.2, 0) is 4.74 Å². The molecule has 4 nitrogen and oxygen atoms in total. The van der Waals surface area contributed by atoms with Gasteiger partial charge in [-0.3, -0.25) is 10.5 Å². The lowest BCUT2D eigenvalue weighted by atomic mass is 10.2. The Morgan fingerprint density at radius 2 is 2.23 bits per heavy atom. The Bertz CT molecular complexity index is 447. The van der Waals surface area contributed by atoms with Crippen molar-refractivity contribution in [2.24, 2.45) is 0 Å². The first-order valence-electron chi connectivity index (χ1n) is 3.89. The number of nitrogens with zero attached hydrogens (tertiary/aromatic N) is 1. The molecule has 66 valence electrons. The van der Waals surface area contributed by atoms with Crippen molar-refractivity contribution in [3.05, 3.63) is 30.0 Å². The Kier molecular flexibility index (Phi) is 1.73. The largest absolute Gasteiger partial charge is 0.480 e. The van der Waals surface area contributed by atoms with Gasteiger partial charge >= 0.3 is 0 Å². The van der Waals surface area contributed by atoms with Crippen LogP contribution in [0.15, 0.2) is 24.3 Å². The zero-order valence-electron chi connectivity index (χ0n) is 7.16. The number of hydrogen-bond donors (Lipinski definition) is 2. The number of methoxy groups -OCH3 is 1. The topological polar surface area (TPSA) is 61.8 Å². The van der Waals surface area contributed by atoms with E-state index in [9.17, 15) is 0 Å². The van der Waals surface area contributed by atoms with Gasteiger partial charge in [0.25, 0.3) is 0 Å². The van der Waals surface area contributed by atoms with Crippen molar-refractivity contribution in [1.82, 2.24) is 10.2 Å². The summed E-state index contributed by atoms with van der Waals surface area (Å²) in [5, 5.41) is 15.2. The average Bonchev–Trinajstić information content (AvgIpc) is 2.60. The van der Waals surface area contributed by atoms with E-state index in [1.165, 1.54) is 7.11 Å². The van der Waals surface area contributed by atoms with Crippen LogP contribution in [0.4, 0.5) is 0 Å². The summed E-state index contributed by atoms with van der Waals surface area (Å²) in [5.74, 6) is 0.0810. The third-order valence-corrected chi connectivity index (χ3v) is 1.89. The molecule has 13 heavy (non-hydrogen) atoms. The van der Waals surface area contributed by atoms with Gasteiger partial charge in [0.05, 0.1) is 12.6 Å². The lowest BCUT2D eigenvalue weighted by molar-refractivity contribution is 0.400. The molecule has 0 fully saturated rings. The summed E-state index contributed by atoms with van der Waals surface area (Å²) in [5.41, 5.74) is 1.47. The first kappa shape index (κ1) is 7.79. The summed E-state index contributed by atoms with van der Waals surface area (Å²) in [6, 6.07) is 7.64. The molecular formula is C9H9N3O. The Morgan fingerprint density at radius 3 is 3.00 bits per heavy atom. The number of para-hydroxylation sites is 1. The number of aromatic nitrogens is 2. The number of ether oxygens (including phenoxy) is 1. The maximum Gasteiger partial charge on any atom is 0.234 e. The molecule has 0 bridgehead atoms. The van der Waals surface area contributed by atoms with Crippen molar-refractivity contribution < 1.29 is 4.74 Å². The summed E-state index contributed by atoms with van der Waals surface area (Å²) in [4.78, 5) is 0. The van der Waals surface area contributed by atoms with Gasteiger partial charge in [-0.25, -0.2) is 0 Å². The number of aromatic amines is 1. The Morgan fingerprint density at radius 1 is 1.46 bits per heavy atom. The highest BCUT2D eigenvalue weighted by atomic mass is 16.5. The second kappa shape index (κ2) is 2.90. The van der Waals surface area contributed by atoms with E-state index in [1.807, 2.05) is 24.3 Å². The highest BCUT2D eigenvalue weighted by Gasteiger charge is 2.09. The molecule has 2 N–H and O–H groups in total. The van der Waals surface area contributed by atoms with E-state index in [0.29, 0.717) is 5.69 Å². The zero-order valence-corrected chi connectivity index (χ0v) is 7.16. The van der Waals surface area contributed by atoms with E-state index in [-0.39, 0.29) is 5.90 Å². The molecule has 0 spiro atoms. The first-order valence-corrected chi connectivity index (χ1v) is 3.89.